The highest BCUT2D eigenvalue weighted by Gasteiger charge is 2.16. The number of benzene rings is 2. The van der Waals surface area contributed by atoms with E-state index in [1.807, 2.05) is 42.3 Å². The Hall–Kier alpha value is -1.39. The standard InChI is InChI=1S/C15H16BrFN2/c1-19(14-4-2-3-13(17)9-14)15(10-18)11-5-7-12(16)8-6-11/h2-9,15H,10,18H2,1H3. The molecule has 2 rings (SSSR count). The highest BCUT2D eigenvalue weighted by atomic mass is 79.9. The molecule has 0 fully saturated rings. The summed E-state index contributed by atoms with van der Waals surface area (Å²) >= 11 is 3.41. The Bertz CT molecular complexity index is 542. The zero-order valence-corrected chi connectivity index (χ0v) is 12.3. The van der Waals surface area contributed by atoms with Crippen LogP contribution in [0.1, 0.15) is 11.6 Å². The molecule has 0 radical (unpaired) electrons. The quantitative estimate of drug-likeness (QED) is 0.929. The highest BCUT2D eigenvalue weighted by molar-refractivity contribution is 9.10. The normalized spacial score (nSPS) is 12.2. The minimum absolute atomic E-state index is 0.0231. The van der Waals surface area contributed by atoms with Gasteiger partial charge in [-0.1, -0.05) is 34.1 Å². The van der Waals surface area contributed by atoms with Crippen LogP contribution < -0.4 is 10.6 Å². The van der Waals surface area contributed by atoms with E-state index in [4.69, 9.17) is 5.73 Å². The highest BCUT2D eigenvalue weighted by Crippen LogP contribution is 2.26. The monoisotopic (exact) mass is 322 g/mol. The summed E-state index contributed by atoms with van der Waals surface area (Å²) < 4.78 is 14.3. The van der Waals surface area contributed by atoms with Crippen LogP contribution in [0.2, 0.25) is 0 Å². The molecule has 1 unspecified atom stereocenters. The molecule has 0 amide bonds. The molecule has 0 heterocycles. The number of anilines is 1. The van der Waals surface area contributed by atoms with Gasteiger partial charge in [0.2, 0.25) is 0 Å². The van der Waals surface area contributed by atoms with Crippen molar-refractivity contribution in [1.29, 1.82) is 0 Å². The summed E-state index contributed by atoms with van der Waals surface area (Å²) in [5.41, 5.74) is 7.80. The van der Waals surface area contributed by atoms with Crippen LogP contribution in [0.5, 0.6) is 0 Å². The van der Waals surface area contributed by atoms with Crippen LogP contribution in [-0.2, 0) is 0 Å². The molecule has 2 N–H and O–H groups in total. The fraction of sp³-hybridized carbons (Fsp3) is 0.200. The summed E-state index contributed by atoms with van der Waals surface area (Å²) in [5.74, 6) is -0.240. The molecule has 0 saturated carbocycles. The fourth-order valence-electron chi connectivity index (χ4n) is 2.08. The smallest absolute Gasteiger partial charge is 0.125 e. The van der Waals surface area contributed by atoms with Crippen molar-refractivity contribution in [2.24, 2.45) is 5.73 Å². The van der Waals surface area contributed by atoms with Gasteiger partial charge in [-0.05, 0) is 35.9 Å². The summed E-state index contributed by atoms with van der Waals surface area (Å²) in [4.78, 5) is 1.99. The average Bonchev–Trinajstić information content (AvgIpc) is 2.41. The van der Waals surface area contributed by atoms with Gasteiger partial charge in [0.25, 0.3) is 0 Å². The molecular formula is C15H16BrFN2. The molecule has 0 saturated heterocycles. The lowest BCUT2D eigenvalue weighted by atomic mass is 10.1. The van der Waals surface area contributed by atoms with Gasteiger partial charge in [0.1, 0.15) is 5.82 Å². The zero-order valence-electron chi connectivity index (χ0n) is 10.7. The van der Waals surface area contributed by atoms with Crippen LogP contribution in [0.25, 0.3) is 0 Å². The van der Waals surface area contributed by atoms with Gasteiger partial charge in [-0.25, -0.2) is 4.39 Å². The summed E-state index contributed by atoms with van der Waals surface area (Å²) in [5, 5.41) is 0. The van der Waals surface area contributed by atoms with Crippen LogP contribution >= 0.6 is 15.9 Å². The summed E-state index contributed by atoms with van der Waals surface area (Å²) in [6, 6.07) is 14.6. The molecule has 0 spiro atoms. The molecule has 0 bridgehead atoms. The third-order valence-corrected chi connectivity index (χ3v) is 3.69. The maximum Gasteiger partial charge on any atom is 0.125 e. The number of rotatable bonds is 4. The van der Waals surface area contributed by atoms with Gasteiger partial charge in [-0.3, -0.25) is 0 Å². The molecule has 0 aliphatic rings. The summed E-state index contributed by atoms with van der Waals surface area (Å²) in [6.07, 6.45) is 0. The minimum Gasteiger partial charge on any atom is -0.366 e. The minimum atomic E-state index is -0.240. The van der Waals surface area contributed by atoms with E-state index in [1.165, 1.54) is 12.1 Å². The molecule has 100 valence electrons. The Kier molecular flexibility index (Phi) is 4.56. The second-order valence-corrected chi connectivity index (χ2v) is 5.31. The van der Waals surface area contributed by atoms with E-state index >= 15 is 0 Å². The van der Waals surface area contributed by atoms with E-state index in [1.54, 1.807) is 6.07 Å². The Balaban J connectivity index is 2.28. The largest absolute Gasteiger partial charge is 0.366 e. The van der Waals surface area contributed by atoms with Gasteiger partial charge >= 0.3 is 0 Å². The van der Waals surface area contributed by atoms with E-state index in [0.717, 1.165) is 15.7 Å². The lowest BCUT2D eigenvalue weighted by molar-refractivity contribution is 0.623. The van der Waals surface area contributed by atoms with Gasteiger partial charge in [-0.2, -0.15) is 0 Å². The van der Waals surface area contributed by atoms with E-state index in [2.05, 4.69) is 15.9 Å². The molecule has 2 nitrogen and oxygen atoms in total. The topological polar surface area (TPSA) is 29.3 Å². The van der Waals surface area contributed by atoms with Crippen LogP contribution in [0.15, 0.2) is 53.0 Å². The molecule has 0 aliphatic heterocycles. The van der Waals surface area contributed by atoms with Crippen molar-refractivity contribution in [3.05, 3.63) is 64.4 Å². The second kappa shape index (κ2) is 6.17. The van der Waals surface area contributed by atoms with Gasteiger partial charge in [0.15, 0.2) is 0 Å². The lowest BCUT2D eigenvalue weighted by Crippen LogP contribution is -2.30. The van der Waals surface area contributed by atoms with E-state index in [-0.39, 0.29) is 11.9 Å². The first-order chi connectivity index (χ1) is 9.11. The third kappa shape index (κ3) is 3.33. The van der Waals surface area contributed by atoms with E-state index in [0.29, 0.717) is 6.54 Å². The predicted octanol–water partition coefficient (Wildman–Crippen LogP) is 3.72. The molecule has 2 aromatic carbocycles. The Morgan fingerprint density at radius 2 is 1.89 bits per heavy atom. The Morgan fingerprint density at radius 1 is 1.21 bits per heavy atom. The van der Waals surface area contributed by atoms with Crippen LogP contribution in [-0.4, -0.2) is 13.6 Å². The predicted molar refractivity (Wildman–Crippen MR) is 80.7 cm³/mol. The SMILES string of the molecule is CN(c1cccc(F)c1)C(CN)c1ccc(Br)cc1. The first kappa shape index (κ1) is 14.0. The first-order valence-electron chi connectivity index (χ1n) is 6.05. The molecule has 0 aliphatic carbocycles. The third-order valence-electron chi connectivity index (χ3n) is 3.16. The average molecular weight is 323 g/mol. The van der Waals surface area contributed by atoms with Crippen molar-refractivity contribution < 1.29 is 4.39 Å². The maximum absolute atomic E-state index is 13.3. The van der Waals surface area contributed by atoms with Crippen molar-refractivity contribution in [1.82, 2.24) is 0 Å². The van der Waals surface area contributed by atoms with Gasteiger partial charge in [0, 0.05) is 23.8 Å². The van der Waals surface area contributed by atoms with Crippen LogP contribution in [0.4, 0.5) is 10.1 Å². The Labute approximate surface area is 121 Å². The number of nitrogens with two attached hydrogens (primary N) is 1. The van der Waals surface area contributed by atoms with Gasteiger partial charge < -0.3 is 10.6 Å². The maximum atomic E-state index is 13.3. The second-order valence-electron chi connectivity index (χ2n) is 4.39. The van der Waals surface area contributed by atoms with Crippen molar-refractivity contribution in [2.75, 3.05) is 18.5 Å². The molecule has 2 aromatic rings. The number of hydrogen-bond donors (Lipinski definition) is 1. The molecule has 1 atom stereocenters. The molecule has 19 heavy (non-hydrogen) atoms. The van der Waals surface area contributed by atoms with Crippen molar-refractivity contribution in [2.45, 2.75) is 6.04 Å². The van der Waals surface area contributed by atoms with Gasteiger partial charge in [-0.15, -0.1) is 0 Å². The van der Waals surface area contributed by atoms with Crippen LogP contribution in [0, 0.1) is 5.82 Å². The fourth-order valence-corrected chi connectivity index (χ4v) is 2.34. The van der Waals surface area contributed by atoms with Crippen molar-refractivity contribution >= 4 is 21.6 Å². The number of likely N-dealkylation sites (N-methyl/N-ethyl adjacent to an activating group) is 1. The van der Waals surface area contributed by atoms with E-state index < -0.39 is 0 Å². The zero-order chi connectivity index (χ0) is 13.8. The first-order valence-corrected chi connectivity index (χ1v) is 6.85. The summed E-state index contributed by atoms with van der Waals surface area (Å²) in [6.45, 7) is 0.467. The van der Waals surface area contributed by atoms with Crippen molar-refractivity contribution in [3.8, 4) is 0 Å². The van der Waals surface area contributed by atoms with E-state index in [9.17, 15) is 4.39 Å². The molecular weight excluding hydrogens is 307 g/mol. The van der Waals surface area contributed by atoms with Crippen LogP contribution in [0.3, 0.4) is 0 Å². The Morgan fingerprint density at radius 3 is 2.47 bits per heavy atom. The molecule has 0 aromatic heterocycles. The van der Waals surface area contributed by atoms with Crippen molar-refractivity contribution in [3.63, 3.8) is 0 Å². The molecule has 4 heteroatoms. The number of nitrogens with zero attached hydrogens (tertiary/aromatic N) is 1. The summed E-state index contributed by atoms with van der Waals surface area (Å²) in [7, 11) is 1.92. The number of halogens is 2. The van der Waals surface area contributed by atoms with Gasteiger partial charge in [0.05, 0.1) is 6.04 Å². The lowest BCUT2D eigenvalue weighted by Gasteiger charge is -2.29. The number of hydrogen-bond acceptors (Lipinski definition) is 2.